The highest BCUT2D eigenvalue weighted by atomic mass is 79.9. The van der Waals surface area contributed by atoms with Crippen LogP contribution in [0.4, 0.5) is 0 Å². The zero-order valence-corrected chi connectivity index (χ0v) is 60.7. The summed E-state index contributed by atoms with van der Waals surface area (Å²) in [5.74, 6) is -2.01. The number of aliphatic hydroxyl groups is 2. The van der Waals surface area contributed by atoms with Crippen molar-refractivity contribution in [2.24, 2.45) is 11.8 Å². The first kappa shape index (κ1) is 64.8. The molecule has 106 heavy (non-hydrogen) atoms. The fourth-order valence-electron chi connectivity index (χ4n) is 19.1. The van der Waals surface area contributed by atoms with E-state index in [4.69, 9.17) is 18.9 Å². The van der Waals surface area contributed by atoms with Gasteiger partial charge in [0, 0.05) is 16.3 Å². The lowest BCUT2D eigenvalue weighted by Crippen LogP contribution is -2.55. The Morgan fingerprint density at radius 2 is 0.670 bits per heavy atom. The fraction of sp³-hybridized carbons (Fsp3) is 0.167. The van der Waals surface area contributed by atoms with Crippen molar-refractivity contribution in [1.82, 2.24) is 0 Å². The maximum Gasteiger partial charge on any atom is 0.338 e. The number of allylic oxidation sites excluding steroid dienone is 14. The first-order valence-electron chi connectivity index (χ1n) is 36.4. The third-order valence-electron chi connectivity index (χ3n) is 23.6. The summed E-state index contributed by atoms with van der Waals surface area (Å²) in [6, 6.07) is 77.6. The van der Waals surface area contributed by atoms with E-state index < -0.39 is 53.2 Å². The normalized spacial score (nSPS) is 21.0. The molecule has 9 nitrogen and oxygen atoms in total. The lowest BCUT2D eigenvalue weighted by atomic mass is 9.65. The number of methoxy groups -OCH3 is 1. The number of halogens is 1. The molecule has 6 atom stereocenters. The van der Waals surface area contributed by atoms with Crippen molar-refractivity contribution in [2.75, 3.05) is 7.11 Å². The van der Waals surface area contributed by atoms with Gasteiger partial charge in [0.15, 0.2) is 29.6 Å². The SMILES string of the molecule is BrC1=C2C=CC3=CC=CC4=CC=C(C=C1)C2C34.CC1(C)O[C@@H](C(O)(c2ccc3ccc4cccc5ccc2c3c45)c2ccc3ccc4cccc5ccc2c3c45)[C@H](C(O)(c2ccc3ccc4cccc5ccc2c3c45)c2ccc3ccc4cccc5ccc2c3c45)O1.COC(=O)[C@@H]1OC(C)(C)O[C@H]1C(C)=O. The Morgan fingerprint density at radius 1 is 0.368 bits per heavy atom. The summed E-state index contributed by atoms with van der Waals surface area (Å²) in [4.78, 5) is 22.4. The van der Waals surface area contributed by atoms with Gasteiger partial charge < -0.3 is 33.9 Å². The van der Waals surface area contributed by atoms with E-state index in [-0.39, 0.29) is 5.78 Å². The number of benzene rings is 16. The second-order valence-electron chi connectivity index (χ2n) is 30.3. The van der Waals surface area contributed by atoms with Crippen LogP contribution in [0.25, 0.3) is 129 Å². The summed E-state index contributed by atoms with van der Waals surface area (Å²) in [6.07, 6.45) is 15.8. The molecule has 2 fully saturated rings. The molecule has 2 N–H and O–H groups in total. The van der Waals surface area contributed by atoms with Gasteiger partial charge in [0.1, 0.15) is 23.4 Å². The number of hydrogen-bond donors (Lipinski definition) is 2. The molecule has 6 aliphatic rings. The van der Waals surface area contributed by atoms with Crippen LogP contribution in [0.1, 0.15) is 56.9 Å². The van der Waals surface area contributed by atoms with Crippen LogP contribution in [0.5, 0.6) is 0 Å². The Kier molecular flexibility index (Phi) is 14.4. The number of rotatable bonds is 8. The Morgan fingerprint density at radius 3 is 1.03 bits per heavy atom. The maximum atomic E-state index is 15.3. The minimum Gasteiger partial charge on any atom is -0.467 e. The largest absolute Gasteiger partial charge is 0.467 e. The third-order valence-corrected chi connectivity index (χ3v) is 24.3. The summed E-state index contributed by atoms with van der Waals surface area (Å²) < 4.78 is 31.3. The number of ether oxygens (including phenoxy) is 5. The van der Waals surface area contributed by atoms with Gasteiger partial charge in [0.05, 0.1) is 7.11 Å². The highest BCUT2D eigenvalue weighted by Crippen LogP contribution is 2.58. The molecule has 0 radical (unpaired) electrons. The molecule has 4 aliphatic carbocycles. The van der Waals surface area contributed by atoms with Gasteiger partial charge >= 0.3 is 5.97 Å². The van der Waals surface area contributed by atoms with Crippen molar-refractivity contribution in [1.29, 1.82) is 0 Å². The molecular formula is C96H71BrO9. The molecule has 0 bridgehead atoms. The number of ketones is 1. The summed E-state index contributed by atoms with van der Waals surface area (Å²) in [7, 11) is 1.24. The van der Waals surface area contributed by atoms with Gasteiger partial charge in [-0.05, 0) is 215 Å². The molecule has 10 heteroatoms. The van der Waals surface area contributed by atoms with E-state index in [1.807, 2.05) is 13.8 Å². The predicted octanol–water partition coefficient (Wildman–Crippen LogP) is 21.6. The monoisotopic (exact) mass is 1450 g/mol. The van der Waals surface area contributed by atoms with Crippen LogP contribution >= 0.6 is 15.9 Å². The van der Waals surface area contributed by atoms with Crippen LogP contribution in [0.3, 0.4) is 0 Å². The standard InChI is InChI=1S/C71H46O4.C16H11Br.C9H14O5/c1-69(2)74-67(70(72,55-35-27-47-19-15-39-7-3-11-43-23-31-51(55)63(47)59(39)43)56-36-28-48-20-16-40-8-4-12-44-24-32-52(56)64(48)60(40)44)68(75-69)71(73,57-37-29-49-21-17-41-9-5-13-45-25-33-53(57)65(49)61(41)45)58-38-30-50-22-18-42-10-6-14-46-26-34-54(58)66(50)62(42)46;17-14-9-7-12-5-4-10-2-1-3-11-6-8-13(14)16(12)15(10)11;1-5(10)6-7(8(11)12-4)14-9(2,3)13-6/h3-38,67-68,72-73H,1-2H3;1-9,15-16H;6-7H,1-4H3/t67-,68-;;6-,7+/m1.0/s1. The second kappa shape index (κ2) is 23.6. The van der Waals surface area contributed by atoms with Crippen molar-refractivity contribution < 1.29 is 43.5 Å². The predicted molar refractivity (Wildman–Crippen MR) is 432 cm³/mol. The van der Waals surface area contributed by atoms with Gasteiger partial charge in [-0.3, -0.25) is 4.79 Å². The Labute approximate surface area is 619 Å². The molecule has 0 spiro atoms. The van der Waals surface area contributed by atoms with Gasteiger partial charge in [0.2, 0.25) is 0 Å². The van der Waals surface area contributed by atoms with E-state index in [0.717, 1.165) is 129 Å². The van der Waals surface area contributed by atoms with Crippen LogP contribution in [-0.4, -0.2) is 65.1 Å². The van der Waals surface area contributed by atoms with Crippen LogP contribution in [0.2, 0.25) is 0 Å². The average Bonchev–Trinajstić information content (AvgIpc) is 1.22. The lowest BCUT2D eigenvalue weighted by molar-refractivity contribution is -0.172. The smallest absolute Gasteiger partial charge is 0.338 e. The van der Waals surface area contributed by atoms with E-state index >= 15 is 10.2 Å². The molecule has 2 heterocycles. The summed E-state index contributed by atoms with van der Waals surface area (Å²) >= 11 is 3.68. The number of carbonyl (C=O) groups excluding carboxylic acids is 2. The molecule has 0 amide bonds. The van der Waals surface area contributed by atoms with Crippen LogP contribution in [0.15, 0.2) is 300 Å². The topological polar surface area (TPSA) is 121 Å². The highest BCUT2D eigenvalue weighted by Gasteiger charge is 2.63. The number of esters is 1. The molecule has 16 aromatic rings. The first-order valence-corrected chi connectivity index (χ1v) is 37.1. The molecule has 516 valence electrons. The molecule has 0 saturated carbocycles. The van der Waals surface area contributed by atoms with Crippen molar-refractivity contribution in [3.8, 4) is 0 Å². The van der Waals surface area contributed by atoms with Crippen molar-refractivity contribution in [3.63, 3.8) is 0 Å². The fourth-order valence-corrected chi connectivity index (χ4v) is 19.6. The lowest BCUT2D eigenvalue weighted by Gasteiger charge is -2.44. The second-order valence-corrected chi connectivity index (χ2v) is 31.1. The van der Waals surface area contributed by atoms with Crippen LogP contribution < -0.4 is 0 Å². The molecular weight excluding hydrogens is 1380 g/mol. The zero-order valence-electron chi connectivity index (χ0n) is 59.1. The summed E-state index contributed by atoms with van der Waals surface area (Å²) in [6.45, 7) is 8.48. The molecule has 2 saturated heterocycles. The number of hydrogen-bond acceptors (Lipinski definition) is 9. The number of Topliss-reactive ketones (excluding diaryl/α,β-unsaturated/α-hetero) is 1. The summed E-state index contributed by atoms with van der Waals surface area (Å²) in [5.41, 5.74) is 4.49. The Balaban J connectivity index is 0.000000197. The van der Waals surface area contributed by atoms with E-state index in [9.17, 15) is 9.59 Å². The molecule has 22 rings (SSSR count). The highest BCUT2D eigenvalue weighted by molar-refractivity contribution is 9.11. The van der Waals surface area contributed by atoms with Crippen molar-refractivity contribution in [3.05, 3.63) is 322 Å². The molecule has 16 aromatic carbocycles. The van der Waals surface area contributed by atoms with Crippen molar-refractivity contribution >= 4 is 157 Å². The zero-order chi connectivity index (χ0) is 72.0. The van der Waals surface area contributed by atoms with E-state index in [0.29, 0.717) is 34.1 Å². The van der Waals surface area contributed by atoms with E-state index in [2.05, 4.69) is 294 Å². The first-order chi connectivity index (χ1) is 51.4. The minimum absolute atomic E-state index is 0.244. The quantitative estimate of drug-likeness (QED) is 0.113. The third kappa shape index (κ3) is 9.55. The Hall–Kier alpha value is -10.8. The van der Waals surface area contributed by atoms with Gasteiger partial charge in [-0.25, -0.2) is 4.79 Å². The Bertz CT molecular complexity index is 6000. The summed E-state index contributed by atoms with van der Waals surface area (Å²) in [5, 5.41) is 56.5. The molecule has 2 unspecified atom stereocenters. The van der Waals surface area contributed by atoms with E-state index in [1.165, 1.54) is 40.8 Å². The van der Waals surface area contributed by atoms with Gasteiger partial charge in [-0.2, -0.15) is 0 Å². The maximum absolute atomic E-state index is 15.3. The van der Waals surface area contributed by atoms with Gasteiger partial charge in [-0.15, -0.1) is 0 Å². The van der Waals surface area contributed by atoms with Crippen LogP contribution in [-0.2, 0) is 44.5 Å². The average molecular weight is 1450 g/mol. The van der Waals surface area contributed by atoms with E-state index in [1.54, 1.807) is 13.8 Å². The minimum atomic E-state index is -1.97. The number of carbonyl (C=O) groups is 2. The van der Waals surface area contributed by atoms with Crippen LogP contribution in [0, 0.1) is 11.8 Å². The molecule has 0 aromatic heterocycles. The van der Waals surface area contributed by atoms with Crippen molar-refractivity contribution in [2.45, 2.75) is 81.8 Å². The molecule has 2 aliphatic heterocycles. The van der Waals surface area contributed by atoms with Gasteiger partial charge in [0.25, 0.3) is 0 Å². The van der Waals surface area contributed by atoms with Gasteiger partial charge in [-0.1, -0.05) is 283 Å².